The predicted octanol–water partition coefficient (Wildman–Crippen LogP) is 4.54. The third kappa shape index (κ3) is 5.96. The minimum atomic E-state index is 0.224. The first-order valence-corrected chi connectivity index (χ1v) is 11.4. The zero-order valence-electron chi connectivity index (χ0n) is 20.2. The molecule has 1 aromatic heterocycles. The highest BCUT2D eigenvalue weighted by Crippen LogP contribution is 2.32. The molecule has 1 atom stereocenters. The fraction of sp³-hybridized carbons (Fsp3) is 0.370. The van der Waals surface area contributed by atoms with Gasteiger partial charge in [0, 0.05) is 76.2 Å². The lowest BCUT2D eigenvalue weighted by Gasteiger charge is -2.22. The Bertz CT molecular complexity index is 1050. The van der Waals surface area contributed by atoms with Crippen molar-refractivity contribution in [3.8, 4) is 11.4 Å². The second kappa shape index (κ2) is 11.6. The Morgan fingerprint density at radius 1 is 1.33 bits per heavy atom. The molecule has 2 heterocycles. The van der Waals surface area contributed by atoms with Crippen LogP contribution in [0.2, 0.25) is 0 Å². The van der Waals surface area contributed by atoms with E-state index >= 15 is 0 Å². The van der Waals surface area contributed by atoms with E-state index in [1.165, 1.54) is 0 Å². The van der Waals surface area contributed by atoms with Crippen LogP contribution >= 0.6 is 0 Å². The van der Waals surface area contributed by atoms with Gasteiger partial charge in [0.2, 0.25) is 0 Å². The van der Waals surface area contributed by atoms with E-state index in [2.05, 4.69) is 34.8 Å². The van der Waals surface area contributed by atoms with Crippen LogP contribution in [-0.4, -0.2) is 67.0 Å². The number of aromatic nitrogens is 2. The normalized spacial score (nSPS) is 17.1. The van der Waals surface area contributed by atoms with E-state index < -0.39 is 0 Å². The van der Waals surface area contributed by atoms with Crippen LogP contribution in [0.3, 0.4) is 0 Å². The van der Waals surface area contributed by atoms with Crippen molar-refractivity contribution in [3.05, 3.63) is 66.5 Å². The monoisotopic (exact) mass is 445 g/mol. The molecule has 1 unspecified atom stereocenters. The summed E-state index contributed by atoms with van der Waals surface area (Å²) in [7, 11) is 5.77. The average Bonchev–Trinajstić information content (AvgIpc) is 3.29. The summed E-state index contributed by atoms with van der Waals surface area (Å²) in [6.07, 6.45) is 11.6. The van der Waals surface area contributed by atoms with Gasteiger partial charge < -0.3 is 14.9 Å². The largest absolute Gasteiger partial charge is 0.396 e. The molecular formula is C27H35N5O. The molecule has 1 N–H and O–H groups in total. The van der Waals surface area contributed by atoms with Crippen LogP contribution in [0.15, 0.2) is 60.4 Å². The van der Waals surface area contributed by atoms with Crippen LogP contribution in [0.25, 0.3) is 22.5 Å². The number of aliphatic imine (C=N–C) groups is 1. The molecule has 0 saturated carbocycles. The molecule has 1 aliphatic heterocycles. The molecule has 0 bridgehead atoms. The van der Waals surface area contributed by atoms with Gasteiger partial charge in [0.15, 0.2) is 5.82 Å². The van der Waals surface area contributed by atoms with E-state index in [4.69, 9.17) is 9.97 Å². The van der Waals surface area contributed by atoms with Gasteiger partial charge in [-0.3, -0.25) is 4.99 Å². The number of anilines is 1. The molecule has 33 heavy (non-hydrogen) atoms. The minimum Gasteiger partial charge on any atom is -0.396 e. The highest BCUT2D eigenvalue weighted by molar-refractivity contribution is 6.11. The maximum absolute atomic E-state index is 9.39. The molecule has 0 spiro atoms. The number of benzene rings is 1. The summed E-state index contributed by atoms with van der Waals surface area (Å²) in [5.41, 5.74) is 5.06. The fourth-order valence-electron chi connectivity index (χ4n) is 4.20. The van der Waals surface area contributed by atoms with E-state index in [1.807, 2.05) is 62.6 Å². The molecule has 1 aliphatic rings. The Balaban J connectivity index is 2.06. The third-order valence-electron chi connectivity index (χ3n) is 5.85. The second-order valence-corrected chi connectivity index (χ2v) is 8.51. The fourth-order valence-corrected chi connectivity index (χ4v) is 4.20. The first kappa shape index (κ1) is 24.4. The van der Waals surface area contributed by atoms with Crippen LogP contribution in [0, 0.1) is 5.92 Å². The van der Waals surface area contributed by atoms with Gasteiger partial charge in [-0.1, -0.05) is 36.9 Å². The molecule has 6 heteroatoms. The molecule has 0 radical (unpaired) electrons. The zero-order chi connectivity index (χ0) is 23.8. The Kier molecular flexibility index (Phi) is 8.55. The van der Waals surface area contributed by atoms with Crippen LogP contribution < -0.4 is 4.90 Å². The van der Waals surface area contributed by atoms with Crippen LogP contribution in [0.1, 0.15) is 30.9 Å². The molecule has 1 saturated heterocycles. The Labute approximate surface area is 197 Å². The number of nitrogens with zero attached hydrogens (tertiary/aromatic N) is 5. The van der Waals surface area contributed by atoms with Crippen molar-refractivity contribution in [1.82, 2.24) is 14.9 Å². The predicted molar refractivity (Wildman–Crippen MR) is 139 cm³/mol. The van der Waals surface area contributed by atoms with Gasteiger partial charge in [-0.05, 0) is 42.9 Å². The standard InChI is InChI=1S/C27H35N5O/c1-6-21(16-28-3)25-17-29-26(30-27(25)32-13-11-20(18-32)12-14-33)24-10-8-9-23(15-24)22(7-2)19-31(4)5/h6-10,15-17,19-20,33H,2,11-14,18H2,1,3-5H3/b21-6+,22-19+,28-16?. The first-order valence-electron chi connectivity index (χ1n) is 11.4. The molecule has 0 amide bonds. The molecule has 1 aromatic carbocycles. The zero-order valence-corrected chi connectivity index (χ0v) is 20.2. The maximum atomic E-state index is 9.39. The average molecular weight is 446 g/mol. The summed E-state index contributed by atoms with van der Waals surface area (Å²) in [5.74, 6) is 2.09. The van der Waals surface area contributed by atoms with Gasteiger partial charge in [-0.15, -0.1) is 0 Å². The smallest absolute Gasteiger partial charge is 0.161 e. The van der Waals surface area contributed by atoms with Crippen molar-refractivity contribution in [1.29, 1.82) is 0 Å². The van der Waals surface area contributed by atoms with Gasteiger partial charge in [-0.25, -0.2) is 9.97 Å². The lowest BCUT2D eigenvalue weighted by atomic mass is 10.0. The van der Waals surface area contributed by atoms with E-state index in [0.29, 0.717) is 11.7 Å². The minimum absolute atomic E-state index is 0.224. The molecule has 2 aromatic rings. The maximum Gasteiger partial charge on any atom is 0.161 e. The third-order valence-corrected chi connectivity index (χ3v) is 5.85. The van der Waals surface area contributed by atoms with Gasteiger partial charge in [-0.2, -0.15) is 0 Å². The van der Waals surface area contributed by atoms with Crippen molar-refractivity contribution < 1.29 is 5.11 Å². The molecule has 0 aliphatic carbocycles. The molecule has 174 valence electrons. The summed E-state index contributed by atoms with van der Waals surface area (Å²) in [4.78, 5) is 18.3. The van der Waals surface area contributed by atoms with Gasteiger partial charge in [0.05, 0.1) is 0 Å². The Morgan fingerprint density at radius 3 is 2.82 bits per heavy atom. The summed E-state index contributed by atoms with van der Waals surface area (Å²) in [5, 5.41) is 9.39. The quantitative estimate of drug-likeness (QED) is 0.453. The lowest BCUT2D eigenvalue weighted by molar-refractivity contribution is 0.263. The van der Waals surface area contributed by atoms with Crippen molar-refractivity contribution in [2.24, 2.45) is 10.9 Å². The highest BCUT2D eigenvalue weighted by atomic mass is 16.3. The number of aliphatic hydroxyl groups is 1. The van der Waals surface area contributed by atoms with Crippen LogP contribution in [-0.2, 0) is 0 Å². The topological polar surface area (TPSA) is 64.9 Å². The Morgan fingerprint density at radius 2 is 2.15 bits per heavy atom. The van der Waals surface area contributed by atoms with Crippen molar-refractivity contribution in [2.45, 2.75) is 19.8 Å². The number of aliphatic hydroxyl groups excluding tert-OH is 1. The number of hydrogen-bond donors (Lipinski definition) is 1. The summed E-state index contributed by atoms with van der Waals surface area (Å²) >= 11 is 0. The summed E-state index contributed by atoms with van der Waals surface area (Å²) < 4.78 is 0. The molecule has 1 fully saturated rings. The van der Waals surface area contributed by atoms with Crippen molar-refractivity contribution in [3.63, 3.8) is 0 Å². The van der Waals surface area contributed by atoms with E-state index in [-0.39, 0.29) is 6.61 Å². The number of rotatable bonds is 9. The van der Waals surface area contributed by atoms with Crippen molar-refractivity contribution in [2.75, 3.05) is 45.7 Å². The molecule has 3 rings (SSSR count). The van der Waals surface area contributed by atoms with Gasteiger partial charge >= 0.3 is 0 Å². The Hall–Kier alpha value is -3.25. The SMILES string of the molecule is C=C/C(=C\N(C)C)c1cccc(-c2ncc(/C(C=NC)=C/C)c(N3CCC(CCO)C3)n2)c1. The highest BCUT2D eigenvalue weighted by Gasteiger charge is 2.26. The summed E-state index contributed by atoms with van der Waals surface area (Å²) in [6, 6.07) is 8.26. The van der Waals surface area contributed by atoms with Crippen LogP contribution in [0.5, 0.6) is 0 Å². The molecule has 6 nitrogen and oxygen atoms in total. The number of allylic oxidation sites excluding steroid dienone is 4. The van der Waals surface area contributed by atoms with Gasteiger partial charge in [0.25, 0.3) is 0 Å². The van der Waals surface area contributed by atoms with E-state index in [1.54, 1.807) is 7.05 Å². The van der Waals surface area contributed by atoms with E-state index in [9.17, 15) is 5.11 Å². The lowest BCUT2D eigenvalue weighted by Crippen LogP contribution is -2.23. The number of hydrogen-bond acceptors (Lipinski definition) is 6. The van der Waals surface area contributed by atoms with Gasteiger partial charge in [0.1, 0.15) is 5.82 Å². The first-order chi connectivity index (χ1) is 16.0. The second-order valence-electron chi connectivity index (χ2n) is 8.51. The van der Waals surface area contributed by atoms with Crippen LogP contribution in [0.4, 0.5) is 5.82 Å². The summed E-state index contributed by atoms with van der Waals surface area (Å²) in [6.45, 7) is 8.00. The van der Waals surface area contributed by atoms with E-state index in [0.717, 1.165) is 59.6 Å². The molecular weight excluding hydrogens is 410 g/mol. The van der Waals surface area contributed by atoms with Crippen molar-refractivity contribution >= 4 is 23.2 Å².